The molecule has 1 aromatic carbocycles. The van der Waals surface area contributed by atoms with E-state index in [1.807, 2.05) is 23.9 Å². The van der Waals surface area contributed by atoms with Crippen LogP contribution in [0.25, 0.3) is 0 Å². The van der Waals surface area contributed by atoms with E-state index in [0.29, 0.717) is 0 Å². The van der Waals surface area contributed by atoms with Crippen molar-refractivity contribution in [3.63, 3.8) is 0 Å². The Labute approximate surface area is 114 Å². The average molecular weight is 265 g/mol. The van der Waals surface area contributed by atoms with Gasteiger partial charge >= 0.3 is 0 Å². The van der Waals surface area contributed by atoms with Crippen molar-refractivity contribution >= 4 is 23.1 Å². The molecular weight excluding hydrogens is 242 g/mol. The van der Waals surface area contributed by atoms with Gasteiger partial charge in [-0.25, -0.2) is 0 Å². The quantitative estimate of drug-likeness (QED) is 0.653. The predicted molar refractivity (Wildman–Crippen MR) is 82.5 cm³/mol. The van der Waals surface area contributed by atoms with Gasteiger partial charge in [0.25, 0.3) is 0 Å². The zero-order valence-electron chi connectivity index (χ0n) is 11.1. The Morgan fingerprint density at radius 3 is 2.39 bits per heavy atom. The molecular formula is C14H23N3S. The fourth-order valence-electron chi connectivity index (χ4n) is 2.35. The first-order valence-corrected chi connectivity index (χ1v) is 8.01. The molecule has 1 aliphatic heterocycles. The maximum Gasteiger partial charge on any atom is 0.0368 e. The van der Waals surface area contributed by atoms with Crippen LogP contribution in [0.4, 0.5) is 11.4 Å². The SMILES string of the molecule is CSCCCN1CCN(c2ccc(N)cc2)CC1. The monoisotopic (exact) mass is 265 g/mol. The van der Waals surface area contributed by atoms with Crippen LogP contribution in [0.15, 0.2) is 24.3 Å². The molecule has 0 radical (unpaired) electrons. The Morgan fingerprint density at radius 1 is 1.11 bits per heavy atom. The van der Waals surface area contributed by atoms with Crippen molar-refractivity contribution in [3.8, 4) is 0 Å². The van der Waals surface area contributed by atoms with E-state index in [-0.39, 0.29) is 0 Å². The molecule has 0 atom stereocenters. The first-order chi connectivity index (χ1) is 8.79. The van der Waals surface area contributed by atoms with E-state index >= 15 is 0 Å². The van der Waals surface area contributed by atoms with Gasteiger partial charge in [-0.3, -0.25) is 4.90 Å². The second-order valence-corrected chi connectivity index (χ2v) is 5.75. The minimum Gasteiger partial charge on any atom is -0.399 e. The molecule has 1 fully saturated rings. The van der Waals surface area contributed by atoms with Gasteiger partial charge in [-0.15, -0.1) is 0 Å². The summed E-state index contributed by atoms with van der Waals surface area (Å²) in [5.41, 5.74) is 7.86. The summed E-state index contributed by atoms with van der Waals surface area (Å²) in [5, 5.41) is 0. The number of nitrogen functional groups attached to an aromatic ring is 1. The van der Waals surface area contributed by atoms with Crippen molar-refractivity contribution in [1.29, 1.82) is 0 Å². The number of benzene rings is 1. The van der Waals surface area contributed by atoms with Crippen molar-refractivity contribution in [3.05, 3.63) is 24.3 Å². The molecule has 1 saturated heterocycles. The van der Waals surface area contributed by atoms with Gasteiger partial charge in [0.1, 0.15) is 0 Å². The lowest BCUT2D eigenvalue weighted by Crippen LogP contribution is -2.46. The van der Waals surface area contributed by atoms with Gasteiger partial charge in [-0.1, -0.05) is 0 Å². The van der Waals surface area contributed by atoms with E-state index < -0.39 is 0 Å². The number of anilines is 2. The van der Waals surface area contributed by atoms with E-state index in [4.69, 9.17) is 5.73 Å². The van der Waals surface area contributed by atoms with Crippen LogP contribution in [0.1, 0.15) is 6.42 Å². The Morgan fingerprint density at radius 2 is 1.78 bits per heavy atom. The molecule has 18 heavy (non-hydrogen) atoms. The molecule has 100 valence electrons. The standard InChI is InChI=1S/C14H23N3S/c1-18-12-2-7-16-8-10-17(11-9-16)14-5-3-13(15)4-6-14/h3-6H,2,7-12,15H2,1H3. The second-order valence-electron chi connectivity index (χ2n) is 4.77. The third kappa shape index (κ3) is 3.82. The van der Waals surface area contributed by atoms with Gasteiger partial charge in [0.2, 0.25) is 0 Å². The zero-order chi connectivity index (χ0) is 12.8. The van der Waals surface area contributed by atoms with E-state index in [9.17, 15) is 0 Å². The highest BCUT2D eigenvalue weighted by Crippen LogP contribution is 2.18. The molecule has 2 N–H and O–H groups in total. The minimum absolute atomic E-state index is 0.842. The van der Waals surface area contributed by atoms with Crippen molar-refractivity contribution in [1.82, 2.24) is 4.90 Å². The molecule has 1 aliphatic rings. The Hall–Kier alpha value is -0.870. The Kier molecular flexibility index (Phi) is 5.20. The van der Waals surface area contributed by atoms with Crippen LogP contribution in [0.5, 0.6) is 0 Å². The highest BCUT2D eigenvalue weighted by Gasteiger charge is 2.16. The number of piperazine rings is 1. The first-order valence-electron chi connectivity index (χ1n) is 6.61. The molecule has 0 spiro atoms. The smallest absolute Gasteiger partial charge is 0.0368 e. The van der Waals surface area contributed by atoms with Crippen LogP contribution in [0, 0.1) is 0 Å². The van der Waals surface area contributed by atoms with Gasteiger partial charge in [0.05, 0.1) is 0 Å². The molecule has 0 aromatic heterocycles. The number of rotatable bonds is 5. The molecule has 1 aromatic rings. The summed E-state index contributed by atoms with van der Waals surface area (Å²) in [6, 6.07) is 8.22. The largest absolute Gasteiger partial charge is 0.399 e. The molecule has 0 saturated carbocycles. The van der Waals surface area contributed by atoms with E-state index in [0.717, 1.165) is 18.8 Å². The molecule has 1 heterocycles. The number of nitrogens with two attached hydrogens (primary N) is 1. The van der Waals surface area contributed by atoms with Crippen LogP contribution < -0.4 is 10.6 Å². The van der Waals surface area contributed by atoms with E-state index in [2.05, 4.69) is 28.2 Å². The number of hydrogen-bond donors (Lipinski definition) is 1. The number of hydrogen-bond acceptors (Lipinski definition) is 4. The fraction of sp³-hybridized carbons (Fsp3) is 0.571. The molecule has 2 rings (SSSR count). The average Bonchev–Trinajstić information content (AvgIpc) is 2.41. The molecule has 4 heteroatoms. The van der Waals surface area contributed by atoms with Crippen LogP contribution in [-0.2, 0) is 0 Å². The second kappa shape index (κ2) is 6.90. The summed E-state index contributed by atoms with van der Waals surface area (Å²) in [7, 11) is 0. The lowest BCUT2D eigenvalue weighted by atomic mass is 10.2. The topological polar surface area (TPSA) is 32.5 Å². The summed E-state index contributed by atoms with van der Waals surface area (Å²) in [4.78, 5) is 5.02. The highest BCUT2D eigenvalue weighted by molar-refractivity contribution is 7.98. The van der Waals surface area contributed by atoms with Gasteiger partial charge < -0.3 is 10.6 Å². The normalized spacial score (nSPS) is 17.1. The first kappa shape index (κ1) is 13.6. The molecule has 3 nitrogen and oxygen atoms in total. The molecule has 0 bridgehead atoms. The van der Waals surface area contributed by atoms with E-state index in [1.165, 1.54) is 37.5 Å². The molecule has 0 unspecified atom stereocenters. The Balaban J connectivity index is 1.77. The Bertz CT molecular complexity index is 345. The third-order valence-corrected chi connectivity index (χ3v) is 4.15. The van der Waals surface area contributed by atoms with Crippen molar-refractivity contribution < 1.29 is 0 Å². The highest BCUT2D eigenvalue weighted by atomic mass is 32.2. The minimum atomic E-state index is 0.842. The maximum absolute atomic E-state index is 5.72. The van der Waals surface area contributed by atoms with Crippen LogP contribution in [0.3, 0.4) is 0 Å². The summed E-state index contributed by atoms with van der Waals surface area (Å²) in [6.45, 7) is 5.86. The van der Waals surface area contributed by atoms with Crippen LogP contribution in [0.2, 0.25) is 0 Å². The zero-order valence-corrected chi connectivity index (χ0v) is 12.0. The van der Waals surface area contributed by atoms with Gasteiger partial charge in [0, 0.05) is 37.6 Å². The van der Waals surface area contributed by atoms with Crippen LogP contribution in [-0.4, -0.2) is 49.6 Å². The van der Waals surface area contributed by atoms with Gasteiger partial charge in [0.15, 0.2) is 0 Å². The summed E-state index contributed by atoms with van der Waals surface area (Å²) in [5.74, 6) is 1.28. The fourth-order valence-corrected chi connectivity index (χ4v) is 2.77. The maximum atomic E-state index is 5.72. The molecule has 0 aliphatic carbocycles. The molecule has 0 amide bonds. The van der Waals surface area contributed by atoms with Gasteiger partial charge in [-0.2, -0.15) is 11.8 Å². The van der Waals surface area contributed by atoms with Crippen molar-refractivity contribution in [2.45, 2.75) is 6.42 Å². The lowest BCUT2D eigenvalue weighted by molar-refractivity contribution is 0.259. The van der Waals surface area contributed by atoms with Gasteiger partial charge in [-0.05, 0) is 49.2 Å². The van der Waals surface area contributed by atoms with E-state index in [1.54, 1.807) is 0 Å². The van der Waals surface area contributed by atoms with Crippen molar-refractivity contribution in [2.24, 2.45) is 0 Å². The third-order valence-electron chi connectivity index (χ3n) is 3.45. The summed E-state index contributed by atoms with van der Waals surface area (Å²) < 4.78 is 0. The number of thioether (sulfide) groups is 1. The number of nitrogens with zero attached hydrogens (tertiary/aromatic N) is 2. The lowest BCUT2D eigenvalue weighted by Gasteiger charge is -2.36. The summed E-state index contributed by atoms with van der Waals surface area (Å²) >= 11 is 1.94. The van der Waals surface area contributed by atoms with Crippen LogP contribution >= 0.6 is 11.8 Å². The predicted octanol–water partition coefficient (Wildman–Crippen LogP) is 2.14. The van der Waals surface area contributed by atoms with Crippen molar-refractivity contribution in [2.75, 3.05) is 55.4 Å². The summed E-state index contributed by atoms with van der Waals surface area (Å²) in [6.07, 6.45) is 3.49.